The van der Waals surface area contributed by atoms with Crippen LogP contribution >= 0.6 is 0 Å². The Morgan fingerprint density at radius 2 is 1.68 bits per heavy atom. The van der Waals surface area contributed by atoms with E-state index in [1.54, 1.807) is 13.8 Å². The number of carbonyl (C=O) groups excluding carboxylic acids is 2. The Kier molecular flexibility index (Phi) is 6.64. The Bertz CT molecular complexity index is 827. The van der Waals surface area contributed by atoms with E-state index in [4.69, 9.17) is 9.47 Å². The zero-order valence-electron chi connectivity index (χ0n) is 16.1. The summed E-state index contributed by atoms with van der Waals surface area (Å²) < 4.78 is 51.1. The molecule has 0 radical (unpaired) electrons. The molecule has 0 bridgehead atoms. The van der Waals surface area contributed by atoms with Crippen molar-refractivity contribution in [3.8, 4) is 0 Å². The van der Waals surface area contributed by atoms with Crippen molar-refractivity contribution in [3.05, 3.63) is 46.7 Å². The number of carbonyl (C=O) groups is 2. The van der Waals surface area contributed by atoms with E-state index in [9.17, 15) is 22.8 Å². The highest BCUT2D eigenvalue weighted by Crippen LogP contribution is 2.44. The number of alkyl halides is 3. The van der Waals surface area contributed by atoms with Gasteiger partial charge < -0.3 is 9.47 Å². The van der Waals surface area contributed by atoms with Crippen LogP contribution in [0.15, 0.2) is 40.5 Å². The summed E-state index contributed by atoms with van der Waals surface area (Å²) >= 11 is 0. The monoisotopic (exact) mass is 397 g/mol. The summed E-state index contributed by atoms with van der Waals surface area (Å²) in [6, 6.07) is 4.89. The van der Waals surface area contributed by atoms with Gasteiger partial charge in [0.25, 0.3) is 0 Å². The quantitative estimate of drug-likeness (QED) is 0.696. The van der Waals surface area contributed by atoms with Crippen LogP contribution < -0.4 is 0 Å². The molecule has 5 nitrogen and oxygen atoms in total. The summed E-state index contributed by atoms with van der Waals surface area (Å²) in [5, 5.41) is 0. The fourth-order valence-corrected chi connectivity index (χ4v) is 3.41. The third kappa shape index (κ3) is 4.26. The van der Waals surface area contributed by atoms with Crippen molar-refractivity contribution in [2.24, 2.45) is 10.9 Å². The molecule has 152 valence electrons. The molecule has 0 spiro atoms. The summed E-state index contributed by atoms with van der Waals surface area (Å²) in [5.74, 6) is -3.91. The molecule has 1 aliphatic heterocycles. The van der Waals surface area contributed by atoms with E-state index < -0.39 is 35.5 Å². The lowest BCUT2D eigenvalue weighted by Crippen LogP contribution is -2.37. The number of benzene rings is 1. The fraction of sp³-hybridized carbons (Fsp3) is 0.450. The average molecular weight is 397 g/mol. The smallest absolute Gasteiger partial charge is 0.416 e. The molecule has 0 N–H and O–H groups in total. The number of halogens is 3. The van der Waals surface area contributed by atoms with Gasteiger partial charge >= 0.3 is 18.1 Å². The minimum atomic E-state index is -4.66. The molecule has 0 saturated carbocycles. The molecule has 0 saturated heterocycles. The molecule has 0 aliphatic carbocycles. The van der Waals surface area contributed by atoms with Crippen molar-refractivity contribution < 1.29 is 32.2 Å². The van der Waals surface area contributed by atoms with E-state index in [1.165, 1.54) is 32.0 Å². The minimum absolute atomic E-state index is 0.0377. The Balaban J connectivity index is 2.76. The predicted octanol–water partition coefficient (Wildman–Crippen LogP) is 4.28. The third-order valence-electron chi connectivity index (χ3n) is 4.47. The summed E-state index contributed by atoms with van der Waals surface area (Å²) in [4.78, 5) is 29.5. The second-order valence-electron chi connectivity index (χ2n) is 6.27. The maximum Gasteiger partial charge on any atom is 0.416 e. The number of hydrogen-bond donors (Lipinski definition) is 0. The average Bonchev–Trinajstić information content (AvgIpc) is 2.60. The van der Waals surface area contributed by atoms with Gasteiger partial charge in [-0.2, -0.15) is 13.2 Å². The first-order valence-electron chi connectivity index (χ1n) is 8.89. The van der Waals surface area contributed by atoms with E-state index in [1.807, 2.05) is 0 Å². The molecule has 2 atom stereocenters. The number of rotatable bonds is 5. The Morgan fingerprint density at radius 3 is 2.25 bits per heavy atom. The van der Waals surface area contributed by atoms with Crippen molar-refractivity contribution in [2.45, 2.75) is 39.8 Å². The lowest BCUT2D eigenvalue weighted by Gasteiger charge is -2.32. The number of ether oxygens (including phenoxy) is 2. The van der Waals surface area contributed by atoms with Gasteiger partial charge in [0.1, 0.15) is 5.92 Å². The van der Waals surface area contributed by atoms with Crippen molar-refractivity contribution in [1.29, 1.82) is 0 Å². The molecule has 0 fully saturated rings. The molecule has 2 rings (SSSR count). The third-order valence-corrected chi connectivity index (χ3v) is 4.47. The molecule has 1 heterocycles. The van der Waals surface area contributed by atoms with Crippen molar-refractivity contribution in [3.63, 3.8) is 0 Å². The van der Waals surface area contributed by atoms with Gasteiger partial charge in [0.05, 0.1) is 24.4 Å². The molecule has 1 unspecified atom stereocenters. The normalized spacial score (nSPS) is 19.9. The fourth-order valence-electron chi connectivity index (χ4n) is 3.41. The highest BCUT2D eigenvalue weighted by molar-refractivity contribution is 6.07. The van der Waals surface area contributed by atoms with Crippen LogP contribution in [0, 0.1) is 5.92 Å². The number of esters is 2. The van der Waals surface area contributed by atoms with Crippen LogP contribution in [0.1, 0.15) is 44.7 Å². The van der Waals surface area contributed by atoms with Crippen LogP contribution in [0.3, 0.4) is 0 Å². The SMILES string of the molecule is CCOC(=O)C1=C(C)N=C(C)C(C(=O)OCC)[C@@H]1c1ccccc1C(F)(F)F. The highest BCUT2D eigenvalue weighted by atomic mass is 19.4. The second-order valence-corrected chi connectivity index (χ2v) is 6.27. The van der Waals surface area contributed by atoms with Gasteiger partial charge in [0.15, 0.2) is 0 Å². The standard InChI is InChI=1S/C20H22F3NO4/c1-5-27-18(25)15-11(3)24-12(4)16(19(26)28-6-2)17(15)13-9-7-8-10-14(13)20(21,22)23/h7-10,15,17H,5-6H2,1-4H3/t15?,17-/m0/s1. The molecule has 1 aromatic rings. The first kappa shape index (κ1) is 21.7. The van der Waals surface area contributed by atoms with Crippen molar-refractivity contribution >= 4 is 17.7 Å². The first-order valence-corrected chi connectivity index (χ1v) is 8.89. The van der Waals surface area contributed by atoms with E-state index in [2.05, 4.69) is 4.99 Å². The van der Waals surface area contributed by atoms with E-state index in [0.717, 1.165) is 6.07 Å². The zero-order valence-corrected chi connectivity index (χ0v) is 16.1. The summed E-state index contributed by atoms with van der Waals surface area (Å²) in [6.07, 6.45) is -4.66. The number of aliphatic imine (C=N–C) groups is 1. The van der Waals surface area contributed by atoms with Crippen molar-refractivity contribution in [1.82, 2.24) is 0 Å². The molecule has 0 aromatic heterocycles. The van der Waals surface area contributed by atoms with Gasteiger partial charge in [-0.15, -0.1) is 0 Å². The summed E-state index contributed by atoms with van der Waals surface area (Å²) in [5.41, 5.74) is -0.671. The van der Waals surface area contributed by atoms with Gasteiger partial charge in [-0.05, 0) is 39.3 Å². The van der Waals surface area contributed by atoms with E-state index in [0.29, 0.717) is 0 Å². The van der Waals surface area contributed by atoms with Crippen LogP contribution in [-0.4, -0.2) is 30.9 Å². The number of hydrogen-bond acceptors (Lipinski definition) is 5. The maximum absolute atomic E-state index is 13.7. The van der Waals surface area contributed by atoms with Crippen LogP contribution in [0.2, 0.25) is 0 Å². The predicted molar refractivity (Wildman–Crippen MR) is 96.8 cm³/mol. The largest absolute Gasteiger partial charge is 0.465 e. The zero-order chi connectivity index (χ0) is 21.1. The molecule has 8 heteroatoms. The number of allylic oxidation sites excluding steroid dienone is 1. The summed E-state index contributed by atoms with van der Waals surface area (Å²) in [7, 11) is 0. The molecular formula is C20H22F3NO4. The molecule has 28 heavy (non-hydrogen) atoms. The van der Waals surface area contributed by atoms with Gasteiger partial charge in [0.2, 0.25) is 0 Å². The van der Waals surface area contributed by atoms with Crippen LogP contribution in [-0.2, 0) is 25.2 Å². The highest BCUT2D eigenvalue weighted by Gasteiger charge is 2.46. The number of nitrogens with zero attached hydrogens (tertiary/aromatic N) is 1. The second kappa shape index (κ2) is 8.58. The van der Waals surface area contributed by atoms with Crippen LogP contribution in [0.4, 0.5) is 13.2 Å². The molecular weight excluding hydrogens is 375 g/mol. The molecule has 0 amide bonds. The van der Waals surface area contributed by atoms with Gasteiger partial charge in [-0.1, -0.05) is 18.2 Å². The molecule has 1 aromatic carbocycles. The topological polar surface area (TPSA) is 65.0 Å². The maximum atomic E-state index is 13.7. The van der Waals surface area contributed by atoms with Gasteiger partial charge in [-0.25, -0.2) is 4.79 Å². The van der Waals surface area contributed by atoms with E-state index in [-0.39, 0.29) is 35.8 Å². The Hall–Kier alpha value is -2.64. The van der Waals surface area contributed by atoms with Crippen LogP contribution in [0.5, 0.6) is 0 Å². The summed E-state index contributed by atoms with van der Waals surface area (Å²) in [6.45, 7) is 6.33. The Morgan fingerprint density at radius 1 is 1.07 bits per heavy atom. The van der Waals surface area contributed by atoms with Gasteiger partial charge in [0, 0.05) is 17.3 Å². The lowest BCUT2D eigenvalue weighted by atomic mass is 9.74. The first-order chi connectivity index (χ1) is 13.1. The van der Waals surface area contributed by atoms with Crippen LogP contribution in [0.25, 0.3) is 0 Å². The molecule has 1 aliphatic rings. The minimum Gasteiger partial charge on any atom is -0.465 e. The lowest BCUT2D eigenvalue weighted by molar-refractivity contribution is -0.147. The van der Waals surface area contributed by atoms with E-state index >= 15 is 0 Å². The van der Waals surface area contributed by atoms with Gasteiger partial charge in [-0.3, -0.25) is 9.79 Å². The Labute approximate surface area is 161 Å². The van der Waals surface area contributed by atoms with Crippen molar-refractivity contribution in [2.75, 3.05) is 13.2 Å².